The van der Waals surface area contributed by atoms with E-state index >= 15 is 0 Å². The summed E-state index contributed by atoms with van der Waals surface area (Å²) in [5.41, 5.74) is 0.922. The number of carbonyl (C=O) groups is 1. The lowest BCUT2D eigenvalue weighted by molar-refractivity contribution is -0.132. The number of ether oxygens (including phenoxy) is 1. The third-order valence-electron chi connectivity index (χ3n) is 4.42. The molecule has 0 N–H and O–H groups in total. The van der Waals surface area contributed by atoms with Gasteiger partial charge < -0.3 is 9.64 Å². The molecule has 8 heteroatoms. The number of amides is 1. The van der Waals surface area contributed by atoms with E-state index in [0.717, 1.165) is 4.47 Å². The maximum absolute atomic E-state index is 13.9. The zero-order chi connectivity index (χ0) is 20.3. The third-order valence-corrected chi connectivity index (χ3v) is 4.91. The molecule has 1 aromatic heterocycles. The van der Waals surface area contributed by atoms with E-state index in [1.54, 1.807) is 29.2 Å². The lowest BCUT2D eigenvalue weighted by Gasteiger charge is -2.21. The minimum absolute atomic E-state index is 0.138. The molecular formula is C20H19BrFN3O3. The molecule has 0 aliphatic heterocycles. The van der Waals surface area contributed by atoms with E-state index in [2.05, 4.69) is 20.9 Å². The Bertz CT molecular complexity index is 1080. The number of halogens is 2. The molecule has 0 spiro atoms. The van der Waals surface area contributed by atoms with Crippen molar-refractivity contribution in [3.8, 4) is 5.75 Å². The Morgan fingerprint density at radius 3 is 2.75 bits per heavy atom. The van der Waals surface area contributed by atoms with E-state index in [-0.39, 0.29) is 30.3 Å². The van der Waals surface area contributed by atoms with Gasteiger partial charge in [-0.05, 0) is 42.8 Å². The number of carbonyl (C=O) groups excluding carboxylic acids is 1. The van der Waals surface area contributed by atoms with Crippen molar-refractivity contribution in [3.05, 3.63) is 68.9 Å². The Hall–Kier alpha value is -2.74. The lowest BCUT2D eigenvalue weighted by atomic mass is 10.2. The normalized spacial score (nSPS) is 10.9. The first-order valence-corrected chi connectivity index (χ1v) is 9.47. The van der Waals surface area contributed by atoms with Crippen LogP contribution in [0.3, 0.4) is 0 Å². The van der Waals surface area contributed by atoms with Crippen LogP contribution in [0, 0.1) is 5.82 Å². The summed E-state index contributed by atoms with van der Waals surface area (Å²) in [6.07, 6.45) is 1.37. The maximum Gasteiger partial charge on any atom is 0.261 e. The molecule has 0 aliphatic carbocycles. The molecule has 2 aromatic carbocycles. The molecule has 0 fully saturated rings. The molecule has 0 radical (unpaired) electrons. The van der Waals surface area contributed by atoms with Crippen LogP contribution in [-0.2, 0) is 17.9 Å². The van der Waals surface area contributed by atoms with Crippen molar-refractivity contribution in [1.29, 1.82) is 0 Å². The van der Waals surface area contributed by atoms with E-state index in [0.29, 0.717) is 23.0 Å². The summed E-state index contributed by atoms with van der Waals surface area (Å²) in [5.74, 6) is -0.584. The summed E-state index contributed by atoms with van der Waals surface area (Å²) in [4.78, 5) is 31.2. The maximum atomic E-state index is 13.9. The van der Waals surface area contributed by atoms with Crippen molar-refractivity contribution >= 4 is 32.7 Å². The molecule has 0 aliphatic rings. The van der Waals surface area contributed by atoms with Gasteiger partial charge in [-0.25, -0.2) is 9.37 Å². The lowest BCUT2D eigenvalue weighted by Crippen LogP contribution is -2.36. The van der Waals surface area contributed by atoms with Gasteiger partial charge in [-0.3, -0.25) is 14.2 Å². The molecule has 28 heavy (non-hydrogen) atoms. The average molecular weight is 448 g/mol. The fourth-order valence-electron chi connectivity index (χ4n) is 2.89. The molecule has 146 valence electrons. The molecule has 0 atom stereocenters. The van der Waals surface area contributed by atoms with Crippen molar-refractivity contribution < 1.29 is 13.9 Å². The number of hydrogen-bond donors (Lipinski definition) is 0. The molecule has 3 aromatic rings. The number of aromatic nitrogens is 2. The van der Waals surface area contributed by atoms with E-state index in [1.807, 2.05) is 6.92 Å². The first-order valence-electron chi connectivity index (χ1n) is 8.67. The number of fused-ring (bicyclic) bond motifs is 1. The van der Waals surface area contributed by atoms with Crippen LogP contribution < -0.4 is 10.3 Å². The van der Waals surface area contributed by atoms with Crippen LogP contribution in [0.1, 0.15) is 12.5 Å². The fourth-order valence-corrected chi connectivity index (χ4v) is 3.26. The SMILES string of the molecule is CCN(Cc1ccc(OC)c(F)c1)C(=O)Cn1cnc2ccc(Br)cc2c1=O. The number of benzene rings is 2. The molecule has 0 saturated carbocycles. The van der Waals surface area contributed by atoms with Crippen LogP contribution in [0.25, 0.3) is 10.9 Å². The van der Waals surface area contributed by atoms with E-state index in [1.165, 1.54) is 30.1 Å². The predicted octanol–water partition coefficient (Wildman–Crippen LogP) is 3.36. The summed E-state index contributed by atoms with van der Waals surface area (Å²) < 4.78 is 20.9. The van der Waals surface area contributed by atoms with Gasteiger partial charge in [0.25, 0.3) is 5.56 Å². The smallest absolute Gasteiger partial charge is 0.261 e. The van der Waals surface area contributed by atoms with Crippen LogP contribution in [0.5, 0.6) is 5.75 Å². The largest absolute Gasteiger partial charge is 0.494 e. The number of methoxy groups -OCH3 is 1. The summed E-state index contributed by atoms with van der Waals surface area (Å²) in [6.45, 7) is 2.35. The van der Waals surface area contributed by atoms with E-state index in [9.17, 15) is 14.0 Å². The first kappa shape index (κ1) is 20.0. The van der Waals surface area contributed by atoms with Gasteiger partial charge in [-0.15, -0.1) is 0 Å². The van der Waals surface area contributed by atoms with Crippen molar-refractivity contribution in [2.75, 3.05) is 13.7 Å². The standard InChI is InChI=1S/C20H19BrFN3O3/c1-3-24(10-13-4-7-18(28-2)16(22)8-13)19(26)11-25-12-23-17-6-5-14(21)9-15(17)20(25)27/h4-9,12H,3,10-11H2,1-2H3. The van der Waals surface area contributed by atoms with Gasteiger partial charge in [0.05, 0.1) is 24.3 Å². The summed E-state index contributed by atoms with van der Waals surface area (Å²) >= 11 is 3.34. The minimum Gasteiger partial charge on any atom is -0.494 e. The Kier molecular flexibility index (Phi) is 6.08. The van der Waals surface area contributed by atoms with Crippen LogP contribution in [0.4, 0.5) is 4.39 Å². The van der Waals surface area contributed by atoms with Crippen LogP contribution >= 0.6 is 15.9 Å². The summed E-state index contributed by atoms with van der Waals surface area (Å²) in [7, 11) is 1.40. The molecule has 1 heterocycles. The van der Waals surface area contributed by atoms with Crippen LogP contribution in [-0.4, -0.2) is 34.0 Å². The van der Waals surface area contributed by atoms with Gasteiger partial charge in [-0.2, -0.15) is 0 Å². The van der Waals surface area contributed by atoms with E-state index < -0.39 is 5.82 Å². The molecule has 3 rings (SSSR count). The molecule has 0 saturated heterocycles. The highest BCUT2D eigenvalue weighted by Crippen LogP contribution is 2.19. The Morgan fingerprint density at radius 1 is 1.29 bits per heavy atom. The zero-order valence-corrected chi connectivity index (χ0v) is 17.1. The number of likely N-dealkylation sites (N-methyl/N-ethyl adjacent to an activating group) is 1. The number of nitrogens with zero attached hydrogens (tertiary/aromatic N) is 3. The zero-order valence-electron chi connectivity index (χ0n) is 15.5. The second-order valence-electron chi connectivity index (χ2n) is 6.22. The van der Waals surface area contributed by atoms with Crippen molar-refractivity contribution in [2.45, 2.75) is 20.0 Å². The molecule has 6 nitrogen and oxygen atoms in total. The van der Waals surface area contributed by atoms with Gasteiger partial charge in [0, 0.05) is 17.6 Å². The van der Waals surface area contributed by atoms with Gasteiger partial charge in [-0.1, -0.05) is 22.0 Å². The molecule has 0 unspecified atom stereocenters. The fraction of sp³-hybridized carbons (Fsp3) is 0.250. The second kappa shape index (κ2) is 8.52. The molecule has 1 amide bonds. The highest BCUT2D eigenvalue weighted by molar-refractivity contribution is 9.10. The van der Waals surface area contributed by atoms with Crippen LogP contribution in [0.15, 0.2) is 52.0 Å². The molecule has 0 bridgehead atoms. The highest BCUT2D eigenvalue weighted by atomic mass is 79.9. The Balaban J connectivity index is 1.80. The number of hydrogen-bond acceptors (Lipinski definition) is 4. The average Bonchev–Trinajstić information content (AvgIpc) is 2.68. The van der Waals surface area contributed by atoms with Crippen LogP contribution in [0.2, 0.25) is 0 Å². The second-order valence-corrected chi connectivity index (χ2v) is 7.13. The topological polar surface area (TPSA) is 64.4 Å². The first-order chi connectivity index (χ1) is 13.4. The van der Waals surface area contributed by atoms with E-state index in [4.69, 9.17) is 4.74 Å². The van der Waals surface area contributed by atoms with Crippen molar-refractivity contribution in [1.82, 2.24) is 14.5 Å². The Morgan fingerprint density at radius 2 is 2.07 bits per heavy atom. The summed E-state index contributed by atoms with van der Waals surface area (Å²) in [5, 5.41) is 0.435. The minimum atomic E-state index is -0.482. The van der Waals surface area contributed by atoms with Gasteiger partial charge in [0.2, 0.25) is 5.91 Å². The van der Waals surface area contributed by atoms with Crippen molar-refractivity contribution in [2.24, 2.45) is 0 Å². The molecular weight excluding hydrogens is 429 g/mol. The third kappa shape index (κ3) is 4.22. The van der Waals surface area contributed by atoms with Gasteiger partial charge in [0.1, 0.15) is 6.54 Å². The van der Waals surface area contributed by atoms with Gasteiger partial charge in [0.15, 0.2) is 11.6 Å². The van der Waals surface area contributed by atoms with Crippen molar-refractivity contribution in [3.63, 3.8) is 0 Å². The number of rotatable bonds is 6. The Labute approximate surface area is 169 Å². The highest BCUT2D eigenvalue weighted by Gasteiger charge is 2.16. The quantitative estimate of drug-likeness (QED) is 0.581. The summed E-state index contributed by atoms with van der Waals surface area (Å²) in [6, 6.07) is 9.80. The van der Waals surface area contributed by atoms with Gasteiger partial charge >= 0.3 is 0 Å². The predicted molar refractivity (Wildman–Crippen MR) is 108 cm³/mol. The monoisotopic (exact) mass is 447 g/mol.